The van der Waals surface area contributed by atoms with Crippen LogP contribution in [0.2, 0.25) is 0 Å². The molecule has 0 unspecified atom stereocenters. The molecule has 0 N–H and O–H groups in total. The molecular formula is C20H26N2O4. The summed E-state index contributed by atoms with van der Waals surface area (Å²) in [4.78, 5) is 28.6. The Balaban J connectivity index is 1.43. The summed E-state index contributed by atoms with van der Waals surface area (Å²) < 4.78 is 10.8. The van der Waals surface area contributed by atoms with Gasteiger partial charge < -0.3 is 19.3 Å². The van der Waals surface area contributed by atoms with Crippen LogP contribution in [0.1, 0.15) is 38.2 Å². The lowest BCUT2D eigenvalue weighted by molar-refractivity contribution is -0.153. The van der Waals surface area contributed by atoms with Gasteiger partial charge in [0.15, 0.2) is 11.5 Å². The molecule has 3 aliphatic heterocycles. The third-order valence-electron chi connectivity index (χ3n) is 5.71. The van der Waals surface area contributed by atoms with Gasteiger partial charge in [0.1, 0.15) is 0 Å². The monoisotopic (exact) mass is 358 g/mol. The Morgan fingerprint density at radius 3 is 2.50 bits per heavy atom. The number of piperidine rings is 1. The fourth-order valence-electron chi connectivity index (χ4n) is 4.37. The third-order valence-corrected chi connectivity index (χ3v) is 5.71. The predicted octanol–water partition coefficient (Wildman–Crippen LogP) is 2.21. The lowest BCUT2D eigenvalue weighted by atomic mass is 9.77. The highest BCUT2D eigenvalue weighted by molar-refractivity contribution is 6.35. The molecule has 6 nitrogen and oxygen atoms in total. The Labute approximate surface area is 154 Å². The summed E-state index contributed by atoms with van der Waals surface area (Å²) in [6.07, 6.45) is 4.83. The van der Waals surface area contributed by atoms with Crippen molar-refractivity contribution in [2.45, 2.75) is 39.0 Å². The molecule has 3 aliphatic rings. The van der Waals surface area contributed by atoms with Crippen LogP contribution in [-0.2, 0) is 16.0 Å². The first kappa shape index (κ1) is 17.2. The third kappa shape index (κ3) is 3.37. The first-order valence-electron chi connectivity index (χ1n) is 9.51. The van der Waals surface area contributed by atoms with E-state index in [0.29, 0.717) is 26.2 Å². The minimum absolute atomic E-state index is 0.0348. The first-order valence-corrected chi connectivity index (χ1v) is 9.51. The summed E-state index contributed by atoms with van der Waals surface area (Å²) in [5.41, 5.74) is 1.14. The van der Waals surface area contributed by atoms with Crippen LogP contribution in [0, 0.1) is 5.41 Å². The Morgan fingerprint density at radius 2 is 1.69 bits per heavy atom. The molecule has 1 aromatic rings. The van der Waals surface area contributed by atoms with Crippen LogP contribution < -0.4 is 9.47 Å². The van der Waals surface area contributed by atoms with E-state index in [9.17, 15) is 9.59 Å². The van der Waals surface area contributed by atoms with Crippen molar-refractivity contribution in [1.29, 1.82) is 0 Å². The van der Waals surface area contributed by atoms with Gasteiger partial charge in [-0.3, -0.25) is 9.59 Å². The van der Waals surface area contributed by atoms with Crippen LogP contribution in [0.4, 0.5) is 0 Å². The lowest BCUT2D eigenvalue weighted by Gasteiger charge is -2.40. The molecule has 0 saturated carbocycles. The lowest BCUT2D eigenvalue weighted by Crippen LogP contribution is -2.51. The molecule has 140 valence electrons. The summed E-state index contributed by atoms with van der Waals surface area (Å²) in [7, 11) is 0. The van der Waals surface area contributed by atoms with Crippen molar-refractivity contribution in [1.82, 2.24) is 9.80 Å². The number of ether oxygens (including phenoxy) is 2. The van der Waals surface area contributed by atoms with Gasteiger partial charge in [0.25, 0.3) is 0 Å². The molecular weight excluding hydrogens is 332 g/mol. The van der Waals surface area contributed by atoms with Crippen molar-refractivity contribution < 1.29 is 19.1 Å². The van der Waals surface area contributed by atoms with Gasteiger partial charge in [0.2, 0.25) is 6.79 Å². The van der Waals surface area contributed by atoms with Crippen molar-refractivity contribution in [2.24, 2.45) is 5.41 Å². The summed E-state index contributed by atoms with van der Waals surface area (Å²) in [6, 6.07) is 6.04. The van der Waals surface area contributed by atoms with Gasteiger partial charge in [-0.05, 0) is 55.2 Å². The van der Waals surface area contributed by atoms with Crippen LogP contribution in [0.5, 0.6) is 11.5 Å². The van der Waals surface area contributed by atoms with E-state index in [-0.39, 0.29) is 24.0 Å². The van der Waals surface area contributed by atoms with Crippen molar-refractivity contribution in [3.63, 3.8) is 0 Å². The largest absolute Gasteiger partial charge is 0.454 e. The zero-order valence-corrected chi connectivity index (χ0v) is 15.3. The van der Waals surface area contributed by atoms with Crippen LogP contribution in [-0.4, -0.2) is 54.6 Å². The van der Waals surface area contributed by atoms with Crippen molar-refractivity contribution in [2.75, 3.05) is 33.0 Å². The maximum atomic E-state index is 12.7. The molecule has 6 heteroatoms. The van der Waals surface area contributed by atoms with E-state index in [0.717, 1.165) is 43.6 Å². The number of nitrogens with zero attached hydrogens (tertiary/aromatic N) is 2. The van der Waals surface area contributed by atoms with E-state index < -0.39 is 0 Å². The molecule has 2 saturated heterocycles. The molecule has 4 rings (SSSR count). The zero-order valence-electron chi connectivity index (χ0n) is 15.3. The van der Waals surface area contributed by atoms with Gasteiger partial charge in [-0.1, -0.05) is 13.0 Å². The summed E-state index contributed by atoms with van der Waals surface area (Å²) in [5, 5.41) is 0. The number of likely N-dealkylation sites (tertiary alicyclic amines) is 2. The van der Waals surface area contributed by atoms with Gasteiger partial charge in [-0.15, -0.1) is 0 Å². The Bertz CT molecular complexity index is 714. The van der Waals surface area contributed by atoms with E-state index in [4.69, 9.17) is 9.47 Å². The predicted molar refractivity (Wildman–Crippen MR) is 96.0 cm³/mol. The average Bonchev–Trinajstić information content (AvgIpc) is 3.31. The molecule has 1 aromatic carbocycles. The van der Waals surface area contributed by atoms with Crippen LogP contribution in [0.25, 0.3) is 0 Å². The van der Waals surface area contributed by atoms with Crippen LogP contribution in [0.3, 0.4) is 0 Å². The van der Waals surface area contributed by atoms with Crippen molar-refractivity contribution in [3.05, 3.63) is 23.8 Å². The molecule has 0 aromatic heterocycles. The number of amides is 2. The van der Waals surface area contributed by atoms with Gasteiger partial charge in [0, 0.05) is 26.2 Å². The number of carbonyl (C=O) groups is 2. The van der Waals surface area contributed by atoms with Gasteiger partial charge >= 0.3 is 11.8 Å². The smallest absolute Gasteiger partial charge is 0.312 e. The number of hydrogen-bond donors (Lipinski definition) is 0. The van der Waals surface area contributed by atoms with E-state index >= 15 is 0 Å². The van der Waals surface area contributed by atoms with E-state index in [1.807, 2.05) is 12.1 Å². The first-order chi connectivity index (χ1) is 12.5. The fraction of sp³-hybridized carbons (Fsp3) is 0.600. The SMILES string of the molecule is C[C@@]1(Cc2ccc3c(c2)OCO3)CCCN(C(=O)C(=O)N2CCCC2)C1. The normalized spacial score (nSPS) is 24.8. The Hall–Kier alpha value is -2.24. The standard InChI is InChI=1S/C20H26N2O4/c1-20(12-15-5-6-16-17(11-15)26-14-25-16)7-4-10-22(13-20)19(24)18(23)21-8-2-3-9-21/h5-6,11H,2-4,7-10,12-14H2,1H3/t20-/m0/s1. The van der Waals surface area contributed by atoms with Crippen molar-refractivity contribution in [3.8, 4) is 11.5 Å². The van der Waals surface area contributed by atoms with Crippen molar-refractivity contribution >= 4 is 11.8 Å². The minimum atomic E-state index is -0.330. The summed E-state index contributed by atoms with van der Waals surface area (Å²) >= 11 is 0. The number of benzene rings is 1. The Morgan fingerprint density at radius 1 is 1.00 bits per heavy atom. The zero-order chi connectivity index (χ0) is 18.1. The highest BCUT2D eigenvalue weighted by atomic mass is 16.7. The highest BCUT2D eigenvalue weighted by Crippen LogP contribution is 2.37. The van der Waals surface area contributed by atoms with E-state index in [1.165, 1.54) is 5.56 Å². The van der Waals surface area contributed by atoms with E-state index in [1.54, 1.807) is 9.80 Å². The maximum Gasteiger partial charge on any atom is 0.312 e. The average molecular weight is 358 g/mol. The summed E-state index contributed by atoms with van der Waals surface area (Å²) in [6.45, 7) is 5.21. The molecule has 0 bridgehead atoms. The van der Waals surface area contributed by atoms with Gasteiger partial charge in [-0.2, -0.15) is 0 Å². The number of carbonyl (C=O) groups excluding carboxylic acids is 2. The summed E-state index contributed by atoms with van der Waals surface area (Å²) in [5.74, 6) is 0.924. The molecule has 0 spiro atoms. The maximum absolute atomic E-state index is 12.7. The molecule has 0 aliphatic carbocycles. The molecule has 2 fully saturated rings. The second-order valence-electron chi connectivity index (χ2n) is 8.00. The number of rotatable bonds is 2. The van der Waals surface area contributed by atoms with E-state index in [2.05, 4.69) is 13.0 Å². The highest BCUT2D eigenvalue weighted by Gasteiger charge is 2.37. The second kappa shape index (κ2) is 6.82. The number of fused-ring (bicyclic) bond motifs is 1. The fourth-order valence-corrected chi connectivity index (χ4v) is 4.37. The number of hydrogen-bond acceptors (Lipinski definition) is 4. The van der Waals surface area contributed by atoms with Gasteiger partial charge in [-0.25, -0.2) is 0 Å². The minimum Gasteiger partial charge on any atom is -0.454 e. The van der Waals surface area contributed by atoms with Gasteiger partial charge in [0.05, 0.1) is 0 Å². The molecule has 3 heterocycles. The second-order valence-corrected chi connectivity index (χ2v) is 8.00. The molecule has 2 amide bonds. The molecule has 1 atom stereocenters. The quantitative estimate of drug-likeness (QED) is 0.761. The Kier molecular flexibility index (Phi) is 4.51. The van der Waals surface area contributed by atoms with Crippen LogP contribution >= 0.6 is 0 Å². The molecule has 0 radical (unpaired) electrons. The topological polar surface area (TPSA) is 59.1 Å². The molecule has 26 heavy (non-hydrogen) atoms. The van der Waals surface area contributed by atoms with Crippen LogP contribution in [0.15, 0.2) is 18.2 Å².